The van der Waals surface area contributed by atoms with Crippen LogP contribution in [0.5, 0.6) is 0 Å². The Labute approximate surface area is 194 Å². The zero-order chi connectivity index (χ0) is 23.3. The Bertz CT molecular complexity index is 1470. The Morgan fingerprint density at radius 1 is 0.970 bits per heavy atom. The van der Waals surface area contributed by atoms with E-state index in [1.807, 2.05) is 54.6 Å². The van der Waals surface area contributed by atoms with E-state index in [9.17, 15) is 8.42 Å². The van der Waals surface area contributed by atoms with Gasteiger partial charge >= 0.3 is 0 Å². The van der Waals surface area contributed by atoms with Gasteiger partial charge in [-0.25, -0.2) is 12.8 Å². The summed E-state index contributed by atoms with van der Waals surface area (Å²) in [6.45, 7) is 6.11. The molecule has 6 heteroatoms. The summed E-state index contributed by atoms with van der Waals surface area (Å²) in [6.07, 6.45) is 1.91. The Morgan fingerprint density at radius 3 is 2.33 bits per heavy atom. The van der Waals surface area contributed by atoms with Gasteiger partial charge in [0.15, 0.2) is 15.7 Å². The van der Waals surface area contributed by atoms with Gasteiger partial charge in [0.25, 0.3) is 0 Å². The van der Waals surface area contributed by atoms with Crippen LogP contribution in [0.15, 0.2) is 54.6 Å². The van der Waals surface area contributed by atoms with Gasteiger partial charge in [-0.3, -0.25) is 0 Å². The van der Waals surface area contributed by atoms with Crippen LogP contribution >= 0.6 is 0 Å². The topological polar surface area (TPSA) is 53.2 Å². The van der Waals surface area contributed by atoms with Crippen molar-refractivity contribution >= 4 is 26.4 Å². The maximum atomic E-state index is 15.6. The molecule has 3 aromatic carbocycles. The number of rotatable bonds is 6. The van der Waals surface area contributed by atoms with Crippen LogP contribution in [0.4, 0.5) is 10.1 Å². The number of anilines is 1. The second kappa shape index (κ2) is 8.03. The van der Waals surface area contributed by atoms with E-state index in [4.69, 9.17) is 0 Å². The van der Waals surface area contributed by atoms with Gasteiger partial charge in [-0.2, -0.15) is 0 Å². The van der Waals surface area contributed by atoms with E-state index in [1.165, 1.54) is 6.26 Å². The number of hydrogen-bond donors (Lipinski definition) is 1. The van der Waals surface area contributed by atoms with Gasteiger partial charge in [0, 0.05) is 48.0 Å². The van der Waals surface area contributed by atoms with Gasteiger partial charge in [0.05, 0.1) is 17.0 Å². The maximum Gasteiger partial charge on any atom is 0.155 e. The van der Waals surface area contributed by atoms with Gasteiger partial charge in [0.1, 0.15) is 0 Å². The first kappa shape index (κ1) is 21.7. The van der Waals surface area contributed by atoms with Gasteiger partial charge in [-0.15, -0.1) is 0 Å². The average molecular weight is 463 g/mol. The highest BCUT2D eigenvalue weighted by molar-refractivity contribution is 7.89. The number of sulfone groups is 1. The number of aromatic nitrogens is 1. The van der Waals surface area contributed by atoms with E-state index in [0.29, 0.717) is 17.5 Å². The second-order valence-electron chi connectivity index (χ2n) is 8.79. The largest absolute Gasteiger partial charge is 0.372 e. The summed E-state index contributed by atoms with van der Waals surface area (Å²) in [5.41, 5.74) is 7.97. The predicted octanol–water partition coefficient (Wildman–Crippen LogP) is 5.94. The van der Waals surface area contributed by atoms with Crippen molar-refractivity contribution < 1.29 is 12.8 Å². The molecule has 0 atom stereocenters. The third kappa shape index (κ3) is 3.82. The Balaban J connectivity index is 1.52. The van der Waals surface area contributed by atoms with Gasteiger partial charge in [-0.05, 0) is 48.2 Å². The van der Waals surface area contributed by atoms with E-state index >= 15 is 4.39 Å². The normalized spacial score (nSPS) is 12.7. The second-order valence-corrected chi connectivity index (χ2v) is 10.9. The molecule has 4 aromatic rings. The van der Waals surface area contributed by atoms with E-state index < -0.39 is 9.84 Å². The number of fused-ring (bicyclic) bond motifs is 5. The highest BCUT2D eigenvalue weighted by Gasteiger charge is 2.25. The van der Waals surface area contributed by atoms with Crippen molar-refractivity contribution in [3.05, 3.63) is 77.1 Å². The van der Waals surface area contributed by atoms with Crippen molar-refractivity contribution in [2.24, 2.45) is 0 Å². The van der Waals surface area contributed by atoms with Crippen LogP contribution in [0.3, 0.4) is 0 Å². The lowest BCUT2D eigenvalue weighted by molar-refractivity contribution is 0.601. The molecule has 0 bridgehead atoms. The number of hydrogen-bond acceptors (Lipinski definition) is 3. The van der Waals surface area contributed by atoms with Gasteiger partial charge in [-0.1, -0.05) is 42.5 Å². The molecule has 0 saturated carbocycles. The summed E-state index contributed by atoms with van der Waals surface area (Å²) in [4.78, 5) is 5.59. The summed E-state index contributed by atoms with van der Waals surface area (Å²) < 4.78 is 38.9. The molecule has 0 saturated heterocycles. The molecule has 5 rings (SSSR count). The van der Waals surface area contributed by atoms with Crippen LogP contribution in [0, 0.1) is 5.82 Å². The highest BCUT2D eigenvalue weighted by atomic mass is 32.2. The lowest BCUT2D eigenvalue weighted by atomic mass is 10.0. The van der Waals surface area contributed by atoms with Crippen LogP contribution < -0.4 is 4.90 Å². The zero-order valence-corrected chi connectivity index (χ0v) is 19.9. The van der Waals surface area contributed by atoms with E-state index in [0.717, 1.165) is 57.7 Å². The van der Waals surface area contributed by atoms with Gasteiger partial charge in [0.2, 0.25) is 0 Å². The minimum atomic E-state index is -3.09. The van der Waals surface area contributed by atoms with Crippen LogP contribution in [-0.4, -0.2) is 32.7 Å². The van der Waals surface area contributed by atoms with Crippen molar-refractivity contribution in [3.8, 4) is 22.4 Å². The molecular weight excluding hydrogens is 435 g/mol. The minimum absolute atomic E-state index is 0.0278. The Kier molecular flexibility index (Phi) is 5.28. The summed E-state index contributed by atoms with van der Waals surface area (Å²) in [6, 6.07) is 17.6. The van der Waals surface area contributed by atoms with Crippen LogP contribution in [-0.2, 0) is 22.0 Å². The lowest BCUT2D eigenvalue weighted by Crippen LogP contribution is -2.21. The van der Waals surface area contributed by atoms with Crippen molar-refractivity contribution in [1.82, 2.24) is 4.98 Å². The summed E-state index contributed by atoms with van der Waals surface area (Å²) in [5.74, 6) is -0.215. The summed E-state index contributed by atoms with van der Waals surface area (Å²) in [7, 11) is -3.09. The Morgan fingerprint density at radius 2 is 1.67 bits per heavy atom. The molecular formula is C27H27FN2O2S. The fraction of sp³-hybridized carbons (Fsp3) is 0.259. The third-order valence-electron chi connectivity index (χ3n) is 6.56. The molecule has 1 aromatic heterocycles. The first-order valence-corrected chi connectivity index (χ1v) is 13.3. The molecule has 0 fully saturated rings. The van der Waals surface area contributed by atoms with E-state index in [-0.39, 0.29) is 11.6 Å². The molecule has 0 spiro atoms. The number of H-pyrrole nitrogens is 1. The van der Waals surface area contributed by atoms with E-state index in [1.54, 1.807) is 0 Å². The third-order valence-corrected chi connectivity index (χ3v) is 7.42. The van der Waals surface area contributed by atoms with Gasteiger partial charge < -0.3 is 9.88 Å². The van der Waals surface area contributed by atoms with Crippen LogP contribution in [0.2, 0.25) is 0 Å². The molecule has 4 nitrogen and oxygen atoms in total. The number of nitrogens with zero attached hydrogens (tertiary/aromatic N) is 1. The smallest absolute Gasteiger partial charge is 0.155 e. The summed E-state index contributed by atoms with van der Waals surface area (Å²) in [5, 5.41) is 0.881. The quantitative estimate of drug-likeness (QED) is 0.340. The average Bonchev–Trinajstić information content (AvgIpc) is 3.31. The van der Waals surface area contributed by atoms with E-state index in [2.05, 4.69) is 23.7 Å². The molecule has 1 heterocycles. The maximum absolute atomic E-state index is 15.6. The molecule has 33 heavy (non-hydrogen) atoms. The molecule has 0 aliphatic heterocycles. The molecule has 1 N–H and O–H groups in total. The standard InChI is InChI=1S/C27H27FN2O2S/c1-4-30(5-2)20-9-7-18(8-10-20)21-12-13-23-24-15-19-14-17(16-33(3,31)32)6-11-22(19)26(24)29-27(23)25(21)28/h6-14,29H,4-5,15-16H2,1-3H3. The zero-order valence-electron chi connectivity index (χ0n) is 19.1. The number of aromatic amines is 1. The lowest BCUT2D eigenvalue weighted by Gasteiger charge is -2.21. The first-order chi connectivity index (χ1) is 15.8. The molecule has 1 aliphatic rings. The fourth-order valence-electron chi connectivity index (χ4n) is 4.98. The molecule has 0 amide bonds. The summed E-state index contributed by atoms with van der Waals surface area (Å²) >= 11 is 0. The molecule has 1 aliphatic carbocycles. The van der Waals surface area contributed by atoms with Crippen molar-refractivity contribution in [1.29, 1.82) is 0 Å². The van der Waals surface area contributed by atoms with Crippen molar-refractivity contribution in [3.63, 3.8) is 0 Å². The van der Waals surface area contributed by atoms with Crippen molar-refractivity contribution in [2.75, 3.05) is 24.2 Å². The van der Waals surface area contributed by atoms with Crippen LogP contribution in [0.25, 0.3) is 33.3 Å². The minimum Gasteiger partial charge on any atom is -0.372 e. The monoisotopic (exact) mass is 462 g/mol. The predicted molar refractivity (Wildman–Crippen MR) is 134 cm³/mol. The van der Waals surface area contributed by atoms with Crippen molar-refractivity contribution in [2.45, 2.75) is 26.0 Å². The number of nitrogens with one attached hydrogen (secondary N) is 1. The molecule has 0 unspecified atom stereocenters. The number of benzene rings is 3. The number of halogens is 1. The van der Waals surface area contributed by atoms with Crippen LogP contribution in [0.1, 0.15) is 30.5 Å². The molecule has 0 radical (unpaired) electrons. The fourth-order valence-corrected chi connectivity index (χ4v) is 5.77. The Hall–Kier alpha value is -3.12. The molecule has 170 valence electrons. The highest BCUT2D eigenvalue weighted by Crippen LogP contribution is 2.42. The first-order valence-electron chi connectivity index (χ1n) is 11.3. The SMILES string of the molecule is CCN(CC)c1ccc(-c2ccc3c4c([nH]c3c2F)-c2ccc(CS(C)(=O)=O)cc2C4)cc1.